The van der Waals surface area contributed by atoms with Crippen LogP contribution in [0.15, 0.2) is 53.4 Å². The van der Waals surface area contributed by atoms with Crippen LogP contribution < -0.4 is 4.90 Å². The van der Waals surface area contributed by atoms with Crippen molar-refractivity contribution in [2.45, 2.75) is 73.5 Å². The van der Waals surface area contributed by atoms with Crippen LogP contribution >= 0.6 is 0 Å². The Morgan fingerprint density at radius 2 is 1.73 bits per heavy atom. The summed E-state index contributed by atoms with van der Waals surface area (Å²) < 4.78 is 45.0. The van der Waals surface area contributed by atoms with E-state index in [1.54, 1.807) is 24.3 Å². The van der Waals surface area contributed by atoms with Crippen LogP contribution in [0.4, 0.5) is 10.1 Å². The number of hydrogen-bond donors (Lipinski definition) is 0. The summed E-state index contributed by atoms with van der Waals surface area (Å²) >= 11 is 0. The molecule has 9 heteroatoms. The highest BCUT2D eigenvalue weighted by atomic mass is 32.2. The molecule has 0 bridgehead atoms. The van der Waals surface area contributed by atoms with E-state index >= 15 is 0 Å². The van der Waals surface area contributed by atoms with Crippen LogP contribution in [0.1, 0.15) is 63.4 Å². The Morgan fingerprint density at radius 3 is 2.34 bits per heavy atom. The summed E-state index contributed by atoms with van der Waals surface area (Å²) in [6, 6.07) is 14.0. The molecule has 0 N–H and O–H groups in total. The lowest BCUT2D eigenvalue weighted by molar-refractivity contribution is -0.142. The molecule has 2 aromatic rings. The molecular formula is C35H44FN3O4S. The maximum atomic E-state index is 14.6. The van der Waals surface area contributed by atoms with Gasteiger partial charge in [-0.25, -0.2) is 19.4 Å². The number of carbonyl (C=O) groups is 1. The first-order chi connectivity index (χ1) is 21.2. The number of likely N-dealkylation sites (tertiary alicyclic amines) is 1. The second-order valence-corrected chi connectivity index (χ2v) is 15.7. The molecule has 0 radical (unpaired) electrons. The molecule has 0 unspecified atom stereocenters. The Labute approximate surface area is 261 Å². The normalized spacial score (nSPS) is 25.1. The van der Waals surface area contributed by atoms with Gasteiger partial charge in [-0.15, -0.1) is 0 Å². The monoisotopic (exact) mass is 621 g/mol. The fourth-order valence-electron chi connectivity index (χ4n) is 8.42. The molecule has 0 spiro atoms. The number of benzene rings is 2. The van der Waals surface area contributed by atoms with E-state index in [1.165, 1.54) is 13.2 Å². The van der Waals surface area contributed by atoms with Crippen molar-refractivity contribution in [1.29, 1.82) is 0 Å². The number of nitrogens with zero attached hydrogens (tertiary/aromatic N) is 3. The molecule has 6 rings (SSSR count). The number of methoxy groups -OCH3 is 1. The van der Waals surface area contributed by atoms with E-state index in [2.05, 4.69) is 14.6 Å². The number of piperidine rings is 1. The highest BCUT2D eigenvalue weighted by Gasteiger charge is 2.58. The molecule has 2 saturated carbocycles. The predicted molar refractivity (Wildman–Crippen MR) is 168 cm³/mol. The van der Waals surface area contributed by atoms with Crippen molar-refractivity contribution in [3.8, 4) is 0 Å². The smallest absolute Gasteiger partial charge is 0.305 e. The first kappa shape index (κ1) is 31.0. The summed E-state index contributed by atoms with van der Waals surface area (Å²) in [5.41, 5.74) is 0.978. The Morgan fingerprint density at radius 1 is 1.02 bits per heavy atom. The molecule has 4 fully saturated rings. The predicted octanol–water partition coefficient (Wildman–Crippen LogP) is 6.09. The molecule has 2 aliphatic heterocycles. The van der Waals surface area contributed by atoms with Crippen LogP contribution in [0.5, 0.6) is 0 Å². The zero-order valence-electron chi connectivity index (χ0n) is 25.7. The van der Waals surface area contributed by atoms with Crippen molar-refractivity contribution in [2.24, 2.45) is 23.7 Å². The molecule has 2 heterocycles. The minimum Gasteiger partial charge on any atom is -0.469 e. The number of ether oxygens (including phenoxy) is 1. The van der Waals surface area contributed by atoms with Crippen LogP contribution in [-0.2, 0) is 24.9 Å². The molecule has 44 heavy (non-hydrogen) atoms. The van der Waals surface area contributed by atoms with Gasteiger partial charge in [0.2, 0.25) is 0 Å². The molecular weight excluding hydrogens is 577 g/mol. The third-order valence-corrected chi connectivity index (χ3v) is 13.3. The number of carbonyl (C=O) groups excluding carboxylic acids is 1. The third-order valence-electron chi connectivity index (χ3n) is 11.1. The van der Waals surface area contributed by atoms with Gasteiger partial charge in [0.15, 0.2) is 9.84 Å². The third kappa shape index (κ3) is 5.88. The van der Waals surface area contributed by atoms with Crippen LogP contribution in [-0.4, -0.2) is 64.4 Å². The minimum absolute atomic E-state index is 0.00673. The van der Waals surface area contributed by atoms with E-state index in [-0.39, 0.29) is 34.8 Å². The summed E-state index contributed by atoms with van der Waals surface area (Å²) in [7, 11) is -1.78. The Bertz CT molecular complexity index is 1470. The number of rotatable bonds is 10. The molecule has 236 valence electrons. The number of sulfone groups is 1. The average Bonchev–Trinajstić information content (AvgIpc) is 3.43. The SMILES string of the molecule is [C-]#[N+][C@@](c1cccc(F)c1)(C1CCN(CC2CN(c3ccc(S(=O)(=O)C4CCC4)cc3)C2)CC1)[C@H]1CCC[C@@H]1CC(=O)OC. The Kier molecular flexibility index (Phi) is 9.03. The van der Waals surface area contributed by atoms with Gasteiger partial charge in [-0.1, -0.05) is 25.0 Å². The van der Waals surface area contributed by atoms with E-state index in [4.69, 9.17) is 11.3 Å². The molecule has 7 nitrogen and oxygen atoms in total. The number of hydrogen-bond acceptors (Lipinski definition) is 6. The van der Waals surface area contributed by atoms with Crippen LogP contribution in [0, 0.1) is 36.1 Å². The fraction of sp³-hybridized carbons (Fsp3) is 0.600. The van der Waals surface area contributed by atoms with Crippen LogP contribution in [0.25, 0.3) is 4.85 Å². The lowest BCUT2D eigenvalue weighted by atomic mass is 9.63. The highest BCUT2D eigenvalue weighted by molar-refractivity contribution is 7.92. The molecule has 0 amide bonds. The first-order valence-corrected chi connectivity index (χ1v) is 17.8. The summed E-state index contributed by atoms with van der Waals surface area (Å²) in [6.45, 7) is 13.2. The largest absolute Gasteiger partial charge is 0.469 e. The standard InChI is InChI=1S/C35H44FN3O4S/c1-37-35(28-7-4-8-29(36)21-28,33-11-3-6-26(33)20-34(40)43-2)27-16-18-38(19-17-27)22-25-23-39(24-25)30-12-14-32(15-13-30)44(41,42)31-9-5-10-31/h4,7-8,12-15,21,25-27,31,33H,3,5-6,9-11,16-20,22-24H2,2H3/t26-,33+,35-/m1/s1. The fourth-order valence-corrected chi connectivity index (χ4v) is 10.3. The summed E-state index contributed by atoms with van der Waals surface area (Å²) in [6.07, 6.45) is 7.32. The lowest BCUT2D eigenvalue weighted by Crippen LogP contribution is -2.53. The van der Waals surface area contributed by atoms with Gasteiger partial charge in [-0.05, 0) is 93.9 Å². The van der Waals surface area contributed by atoms with Gasteiger partial charge in [0.05, 0.1) is 17.3 Å². The first-order valence-electron chi connectivity index (χ1n) is 16.3. The van der Waals surface area contributed by atoms with Crippen molar-refractivity contribution >= 4 is 21.5 Å². The van der Waals surface area contributed by atoms with Gasteiger partial charge in [-0.2, -0.15) is 0 Å². The van der Waals surface area contributed by atoms with E-state index < -0.39 is 15.4 Å². The van der Waals surface area contributed by atoms with Crippen molar-refractivity contribution in [2.75, 3.05) is 44.7 Å². The number of halogens is 1. The molecule has 4 aliphatic rings. The molecule has 2 saturated heterocycles. The Hall–Kier alpha value is -2.96. The lowest BCUT2D eigenvalue weighted by Gasteiger charge is -2.46. The summed E-state index contributed by atoms with van der Waals surface area (Å²) in [5, 5.41) is -0.209. The topological polar surface area (TPSA) is 71.3 Å². The van der Waals surface area contributed by atoms with Crippen molar-refractivity contribution in [3.05, 3.63) is 71.3 Å². The molecule has 2 aliphatic carbocycles. The molecule has 0 aromatic heterocycles. The number of esters is 1. The van der Waals surface area contributed by atoms with E-state index in [9.17, 15) is 17.6 Å². The van der Waals surface area contributed by atoms with E-state index in [0.29, 0.717) is 17.2 Å². The van der Waals surface area contributed by atoms with E-state index in [1.807, 2.05) is 18.2 Å². The van der Waals surface area contributed by atoms with Crippen molar-refractivity contribution in [1.82, 2.24) is 4.90 Å². The number of anilines is 1. The van der Waals surface area contributed by atoms with Crippen molar-refractivity contribution < 1.29 is 22.3 Å². The highest BCUT2D eigenvalue weighted by Crippen LogP contribution is 2.54. The maximum absolute atomic E-state index is 14.6. The van der Waals surface area contributed by atoms with Gasteiger partial charge < -0.3 is 19.4 Å². The van der Waals surface area contributed by atoms with Gasteiger partial charge in [0.25, 0.3) is 5.54 Å². The second kappa shape index (κ2) is 12.8. The van der Waals surface area contributed by atoms with Gasteiger partial charge in [-0.3, -0.25) is 4.79 Å². The summed E-state index contributed by atoms with van der Waals surface area (Å²) in [5.74, 6) is 0.129. The molecule has 2 aromatic carbocycles. The minimum atomic E-state index is -3.20. The van der Waals surface area contributed by atoms with Crippen molar-refractivity contribution in [3.63, 3.8) is 0 Å². The zero-order valence-corrected chi connectivity index (χ0v) is 26.5. The summed E-state index contributed by atoms with van der Waals surface area (Å²) in [4.78, 5) is 21.9. The quantitative estimate of drug-likeness (QED) is 0.236. The zero-order chi connectivity index (χ0) is 30.9. The van der Waals surface area contributed by atoms with Crippen LogP contribution in [0.2, 0.25) is 0 Å². The maximum Gasteiger partial charge on any atom is 0.305 e. The second-order valence-electron chi connectivity index (χ2n) is 13.5. The van der Waals surface area contributed by atoms with Crippen LogP contribution in [0.3, 0.4) is 0 Å². The van der Waals surface area contributed by atoms with Gasteiger partial charge in [0, 0.05) is 55.1 Å². The van der Waals surface area contributed by atoms with Gasteiger partial charge >= 0.3 is 5.97 Å². The van der Waals surface area contributed by atoms with E-state index in [0.717, 1.165) is 95.3 Å². The molecule has 3 atom stereocenters. The average molecular weight is 622 g/mol. The Balaban J connectivity index is 1.08. The van der Waals surface area contributed by atoms with Gasteiger partial charge in [0.1, 0.15) is 5.82 Å².